The smallest absolute Gasteiger partial charge is 0.305 e. The molecule has 1 fully saturated rings. The summed E-state index contributed by atoms with van der Waals surface area (Å²) < 4.78 is 32.6. The first-order valence-electron chi connectivity index (χ1n) is 9.01. The molecule has 0 aliphatic carbocycles. The lowest BCUT2D eigenvalue weighted by Crippen LogP contribution is -2.58. The maximum absolute atomic E-state index is 13.7. The minimum atomic E-state index is -0.760. The van der Waals surface area contributed by atoms with E-state index < -0.39 is 29.8 Å². The quantitative estimate of drug-likeness (QED) is 0.745. The largest absolute Gasteiger partial charge is 0.352 e. The van der Waals surface area contributed by atoms with E-state index in [9.17, 15) is 23.3 Å². The second kappa shape index (κ2) is 8.14. The molecule has 2 aliphatic heterocycles. The van der Waals surface area contributed by atoms with Crippen LogP contribution in [0.4, 0.5) is 8.78 Å². The molecule has 2 heterocycles. The fourth-order valence-electron chi connectivity index (χ4n) is 3.74. The van der Waals surface area contributed by atoms with Gasteiger partial charge in [-0.3, -0.25) is 9.59 Å². The molecule has 1 aromatic rings. The number of carbonyl (C=O) groups excluding carboxylic acids is 2. The van der Waals surface area contributed by atoms with Gasteiger partial charge in [0.15, 0.2) is 0 Å². The van der Waals surface area contributed by atoms with Crippen LogP contribution in [0.3, 0.4) is 0 Å². The maximum Gasteiger partial charge on any atom is 0.305 e. The number of halogens is 2. The SMILES string of the molecule is COC1CCC2NC(=O)C(CC(=O)NCc3ccc(F)cc3F)=C(C)C2[N+]1=O. The second-order valence-corrected chi connectivity index (χ2v) is 7.00. The van der Waals surface area contributed by atoms with Gasteiger partial charge in [-0.05, 0) is 19.4 Å². The summed E-state index contributed by atoms with van der Waals surface area (Å²) in [6.07, 6.45) is 0.278. The molecule has 0 saturated carbocycles. The summed E-state index contributed by atoms with van der Waals surface area (Å²) in [5, 5.41) is 5.31. The Bertz CT molecular complexity index is 856. The molecule has 1 aromatic carbocycles. The van der Waals surface area contributed by atoms with Crippen LogP contribution >= 0.6 is 0 Å². The highest BCUT2D eigenvalue weighted by Crippen LogP contribution is 2.30. The Morgan fingerprint density at radius 3 is 2.79 bits per heavy atom. The zero-order chi connectivity index (χ0) is 20.4. The predicted octanol–water partition coefficient (Wildman–Crippen LogP) is 1.70. The fourth-order valence-corrected chi connectivity index (χ4v) is 3.74. The molecule has 3 rings (SSSR count). The molecule has 0 radical (unpaired) electrons. The van der Waals surface area contributed by atoms with Crippen molar-refractivity contribution in [3.8, 4) is 0 Å². The predicted molar refractivity (Wildman–Crippen MR) is 94.9 cm³/mol. The standard InChI is InChI=1S/C19H21F2N3O4/c1-10-13(8-16(25)22-9-11-3-4-12(20)7-14(11)21)19(26)23-15-5-6-17(28-2)24(27)18(10)15/h3-4,7,15,17-18H,5-6,8-9H2,1-2H3,(H-,22,23,25,26)/p+1. The number of piperidine rings is 1. The summed E-state index contributed by atoms with van der Waals surface area (Å²) in [7, 11) is 1.46. The van der Waals surface area contributed by atoms with Gasteiger partial charge in [0.2, 0.25) is 17.9 Å². The molecule has 3 atom stereocenters. The van der Waals surface area contributed by atoms with E-state index >= 15 is 0 Å². The van der Waals surface area contributed by atoms with Crippen molar-refractivity contribution in [1.82, 2.24) is 10.6 Å². The van der Waals surface area contributed by atoms with Gasteiger partial charge in [-0.1, -0.05) is 6.07 Å². The molecule has 2 N–H and O–H groups in total. The van der Waals surface area contributed by atoms with Crippen molar-refractivity contribution in [3.63, 3.8) is 0 Å². The molecule has 9 heteroatoms. The summed E-state index contributed by atoms with van der Waals surface area (Å²) in [6, 6.07) is 2.17. The van der Waals surface area contributed by atoms with Crippen molar-refractivity contribution in [2.45, 2.75) is 51.0 Å². The Morgan fingerprint density at radius 2 is 2.11 bits per heavy atom. The van der Waals surface area contributed by atoms with Crippen LogP contribution in [0.15, 0.2) is 29.3 Å². The second-order valence-electron chi connectivity index (χ2n) is 7.00. The molecule has 0 bridgehead atoms. The van der Waals surface area contributed by atoms with Crippen LogP contribution in [0.5, 0.6) is 0 Å². The number of carbonyl (C=O) groups is 2. The van der Waals surface area contributed by atoms with Gasteiger partial charge in [0.1, 0.15) is 11.6 Å². The maximum atomic E-state index is 13.7. The molecule has 2 aliphatic rings. The number of hydrogen-bond acceptors (Lipinski definition) is 4. The fraction of sp³-hybridized carbons (Fsp3) is 0.474. The van der Waals surface area contributed by atoms with Crippen molar-refractivity contribution in [3.05, 3.63) is 51.5 Å². The van der Waals surface area contributed by atoms with E-state index in [-0.39, 0.29) is 36.1 Å². The number of nitrogens with zero attached hydrogens (tertiary/aromatic N) is 1. The number of benzene rings is 1. The Labute approximate surface area is 160 Å². The molecular weight excluding hydrogens is 372 g/mol. The van der Waals surface area contributed by atoms with Crippen LogP contribution in [0, 0.1) is 16.5 Å². The first kappa shape index (κ1) is 20.1. The summed E-state index contributed by atoms with van der Waals surface area (Å²) in [5.74, 6) is -2.34. The van der Waals surface area contributed by atoms with Crippen LogP contribution in [0.1, 0.15) is 31.7 Å². The van der Waals surface area contributed by atoms with Crippen molar-refractivity contribution in [2.75, 3.05) is 7.11 Å². The first-order valence-corrected chi connectivity index (χ1v) is 9.01. The van der Waals surface area contributed by atoms with Crippen molar-refractivity contribution < 1.29 is 27.9 Å². The summed E-state index contributed by atoms with van der Waals surface area (Å²) >= 11 is 0. The summed E-state index contributed by atoms with van der Waals surface area (Å²) in [6.45, 7) is 1.53. The molecule has 7 nitrogen and oxygen atoms in total. The summed E-state index contributed by atoms with van der Waals surface area (Å²) in [4.78, 5) is 37.2. The van der Waals surface area contributed by atoms with Crippen molar-refractivity contribution in [2.24, 2.45) is 0 Å². The van der Waals surface area contributed by atoms with Crippen molar-refractivity contribution in [1.29, 1.82) is 0 Å². The lowest BCUT2D eigenvalue weighted by Gasteiger charge is -2.33. The molecule has 0 aromatic heterocycles. The van der Waals surface area contributed by atoms with Crippen LogP contribution in [-0.2, 0) is 20.9 Å². The average molecular weight is 394 g/mol. The number of hydrogen-bond donors (Lipinski definition) is 2. The van der Waals surface area contributed by atoms with Gasteiger partial charge in [-0.2, -0.15) is 0 Å². The van der Waals surface area contributed by atoms with Crippen LogP contribution in [-0.4, -0.2) is 42.0 Å². The molecule has 28 heavy (non-hydrogen) atoms. The number of nitrogens with one attached hydrogen (secondary N) is 2. The van der Waals surface area contributed by atoms with E-state index in [2.05, 4.69) is 10.6 Å². The van der Waals surface area contributed by atoms with E-state index in [4.69, 9.17) is 4.74 Å². The number of fused-ring (bicyclic) bond motifs is 1. The monoisotopic (exact) mass is 394 g/mol. The Kier molecular flexibility index (Phi) is 5.83. The number of amides is 2. The van der Waals surface area contributed by atoms with Gasteiger partial charge in [0, 0.05) is 52.5 Å². The average Bonchev–Trinajstić information content (AvgIpc) is 2.64. The lowest BCUT2D eigenvalue weighted by molar-refractivity contribution is -0.664. The van der Waals surface area contributed by atoms with E-state index in [1.807, 2.05) is 0 Å². The minimum Gasteiger partial charge on any atom is -0.352 e. The zero-order valence-electron chi connectivity index (χ0n) is 15.6. The third-order valence-electron chi connectivity index (χ3n) is 5.27. The third-order valence-corrected chi connectivity index (χ3v) is 5.27. The molecule has 3 unspecified atom stereocenters. The van der Waals surface area contributed by atoms with Gasteiger partial charge < -0.3 is 15.4 Å². The highest BCUT2D eigenvalue weighted by molar-refractivity contribution is 6.00. The van der Waals surface area contributed by atoms with Gasteiger partial charge in [-0.25, -0.2) is 8.78 Å². The Balaban J connectivity index is 1.71. The first-order chi connectivity index (χ1) is 13.3. The van der Waals surface area contributed by atoms with Gasteiger partial charge in [0.05, 0.1) is 12.5 Å². The Morgan fingerprint density at radius 1 is 1.36 bits per heavy atom. The number of nitroso groups, excluding NO2 is 1. The van der Waals surface area contributed by atoms with E-state index in [1.165, 1.54) is 13.2 Å². The molecule has 150 valence electrons. The number of rotatable bonds is 5. The third kappa shape index (κ3) is 3.94. The zero-order valence-corrected chi connectivity index (χ0v) is 15.6. The van der Waals surface area contributed by atoms with E-state index in [0.29, 0.717) is 18.4 Å². The number of methoxy groups -OCH3 is 1. The lowest BCUT2D eigenvalue weighted by atomic mass is 9.84. The molecule has 2 amide bonds. The van der Waals surface area contributed by atoms with Gasteiger partial charge in [-0.15, -0.1) is 0 Å². The molecule has 1 saturated heterocycles. The van der Waals surface area contributed by atoms with E-state index in [0.717, 1.165) is 16.9 Å². The van der Waals surface area contributed by atoms with Crippen LogP contribution in [0.25, 0.3) is 0 Å². The molecular formula is C19H22F2N3O4+. The van der Waals surface area contributed by atoms with Gasteiger partial charge in [0.25, 0.3) is 0 Å². The van der Waals surface area contributed by atoms with E-state index in [1.54, 1.807) is 6.92 Å². The highest BCUT2D eigenvalue weighted by Gasteiger charge is 2.50. The highest BCUT2D eigenvalue weighted by atomic mass is 19.1. The summed E-state index contributed by atoms with van der Waals surface area (Å²) in [5.41, 5.74) is 0.888. The van der Waals surface area contributed by atoms with Crippen LogP contribution < -0.4 is 10.6 Å². The molecule has 0 spiro atoms. The Hall–Kier alpha value is -2.68. The minimum absolute atomic E-state index is 0.134. The topological polar surface area (TPSA) is 87.5 Å². The normalized spacial score (nSPS) is 24.6. The number of ether oxygens (including phenoxy) is 1. The van der Waals surface area contributed by atoms with Crippen LogP contribution in [0.2, 0.25) is 0 Å². The van der Waals surface area contributed by atoms with Gasteiger partial charge >= 0.3 is 6.23 Å². The van der Waals surface area contributed by atoms with Crippen molar-refractivity contribution >= 4 is 11.8 Å².